The van der Waals surface area contributed by atoms with E-state index < -0.39 is 11.7 Å². The third kappa shape index (κ3) is 3.74. The molecule has 1 aromatic carbocycles. The maximum Gasteiger partial charge on any atom is 0.408 e. The highest BCUT2D eigenvalue weighted by Crippen LogP contribution is 2.41. The summed E-state index contributed by atoms with van der Waals surface area (Å²) < 4.78 is 5.34. The van der Waals surface area contributed by atoms with Crippen molar-refractivity contribution in [3.05, 3.63) is 29.8 Å². The molecule has 21 heavy (non-hydrogen) atoms. The number of anilines is 1. The van der Waals surface area contributed by atoms with Crippen LogP contribution in [-0.4, -0.2) is 18.1 Å². The molecule has 1 fully saturated rings. The largest absolute Gasteiger partial charge is 0.444 e. The summed E-state index contributed by atoms with van der Waals surface area (Å²) in [6.45, 7) is 5.54. The summed E-state index contributed by atoms with van der Waals surface area (Å²) >= 11 is 0. The average molecular weight is 290 g/mol. The Bertz CT molecular complexity index is 513. The van der Waals surface area contributed by atoms with Gasteiger partial charge in [0, 0.05) is 5.69 Å². The van der Waals surface area contributed by atoms with Crippen LogP contribution in [0.2, 0.25) is 0 Å². The van der Waals surface area contributed by atoms with Gasteiger partial charge in [0.25, 0.3) is 0 Å². The van der Waals surface area contributed by atoms with Gasteiger partial charge >= 0.3 is 6.09 Å². The van der Waals surface area contributed by atoms with E-state index in [0.717, 1.165) is 30.5 Å². The number of nitrogens with one attached hydrogen (secondary N) is 2. The first-order chi connectivity index (χ1) is 9.85. The quantitative estimate of drug-likeness (QED) is 0.837. The van der Waals surface area contributed by atoms with Crippen molar-refractivity contribution < 1.29 is 14.3 Å². The van der Waals surface area contributed by atoms with Crippen LogP contribution in [0, 0.1) is 0 Å². The summed E-state index contributed by atoms with van der Waals surface area (Å²) in [5.41, 5.74) is 0.922. The number of alkyl carbamates (subject to hydrolysis) is 1. The van der Waals surface area contributed by atoms with E-state index in [2.05, 4.69) is 10.6 Å². The van der Waals surface area contributed by atoms with Crippen LogP contribution in [0.4, 0.5) is 10.5 Å². The minimum atomic E-state index is -0.507. The van der Waals surface area contributed by atoms with Gasteiger partial charge in [-0.2, -0.15) is 0 Å². The van der Waals surface area contributed by atoms with Gasteiger partial charge in [-0.25, -0.2) is 4.79 Å². The van der Waals surface area contributed by atoms with Crippen molar-refractivity contribution >= 4 is 18.2 Å². The summed E-state index contributed by atoms with van der Waals surface area (Å²) in [5.74, 6) is 0. The first-order valence-corrected chi connectivity index (χ1v) is 7.17. The van der Waals surface area contributed by atoms with E-state index in [4.69, 9.17) is 4.74 Å². The van der Waals surface area contributed by atoms with Crippen LogP contribution in [0.15, 0.2) is 24.3 Å². The fourth-order valence-electron chi connectivity index (χ4n) is 2.47. The molecule has 0 aliphatic heterocycles. The maximum absolute atomic E-state index is 12.0. The number of carbonyl (C=O) groups is 2. The Morgan fingerprint density at radius 1 is 1.24 bits per heavy atom. The van der Waals surface area contributed by atoms with Crippen LogP contribution >= 0.6 is 0 Å². The minimum absolute atomic E-state index is 0.345. The monoisotopic (exact) mass is 290 g/mol. The molecule has 2 N–H and O–H groups in total. The van der Waals surface area contributed by atoms with Crippen molar-refractivity contribution in [2.24, 2.45) is 0 Å². The second-order valence-electron chi connectivity index (χ2n) is 6.40. The lowest BCUT2D eigenvalue weighted by atomic mass is 9.72. The summed E-state index contributed by atoms with van der Waals surface area (Å²) in [7, 11) is 0. The third-order valence-electron chi connectivity index (χ3n) is 3.61. The van der Waals surface area contributed by atoms with E-state index in [0.29, 0.717) is 6.41 Å². The normalized spacial score (nSPS) is 16.5. The van der Waals surface area contributed by atoms with Crippen molar-refractivity contribution in [2.75, 3.05) is 5.32 Å². The zero-order valence-electron chi connectivity index (χ0n) is 12.7. The molecule has 1 aromatic rings. The van der Waals surface area contributed by atoms with Crippen molar-refractivity contribution in [1.29, 1.82) is 0 Å². The van der Waals surface area contributed by atoms with Crippen LogP contribution in [0.3, 0.4) is 0 Å². The topological polar surface area (TPSA) is 67.4 Å². The molecule has 1 aliphatic carbocycles. The molecule has 114 valence electrons. The highest BCUT2D eigenvalue weighted by Gasteiger charge is 2.41. The molecule has 1 aliphatic rings. The lowest BCUT2D eigenvalue weighted by Crippen LogP contribution is -2.52. The molecule has 2 rings (SSSR count). The van der Waals surface area contributed by atoms with Gasteiger partial charge in [-0.3, -0.25) is 4.79 Å². The highest BCUT2D eigenvalue weighted by atomic mass is 16.6. The van der Waals surface area contributed by atoms with E-state index in [1.807, 2.05) is 45.0 Å². The predicted octanol–water partition coefficient (Wildman–Crippen LogP) is 3.16. The van der Waals surface area contributed by atoms with Gasteiger partial charge in [-0.15, -0.1) is 0 Å². The van der Waals surface area contributed by atoms with Crippen LogP contribution < -0.4 is 10.6 Å². The molecule has 0 radical (unpaired) electrons. The zero-order valence-corrected chi connectivity index (χ0v) is 12.7. The van der Waals surface area contributed by atoms with Gasteiger partial charge in [0.15, 0.2) is 0 Å². The maximum atomic E-state index is 12.0. The van der Waals surface area contributed by atoms with E-state index in [1.54, 1.807) is 0 Å². The summed E-state index contributed by atoms with van der Waals surface area (Å²) in [6.07, 6.45) is 3.12. The fraction of sp³-hybridized carbons (Fsp3) is 0.500. The molecule has 0 bridgehead atoms. The molecule has 0 aromatic heterocycles. The molecule has 5 nitrogen and oxygen atoms in total. The summed E-state index contributed by atoms with van der Waals surface area (Å²) in [6, 6.07) is 7.53. The molecule has 0 saturated heterocycles. The number of ether oxygens (including phenoxy) is 1. The molecule has 0 heterocycles. The number of amides is 2. The smallest absolute Gasteiger partial charge is 0.408 e. The van der Waals surface area contributed by atoms with Gasteiger partial charge in [0.2, 0.25) is 6.41 Å². The minimum Gasteiger partial charge on any atom is -0.444 e. The van der Waals surface area contributed by atoms with Crippen LogP contribution in [-0.2, 0) is 15.1 Å². The van der Waals surface area contributed by atoms with Gasteiger partial charge < -0.3 is 15.4 Å². The van der Waals surface area contributed by atoms with E-state index in [-0.39, 0.29) is 5.54 Å². The lowest BCUT2D eigenvalue weighted by molar-refractivity contribution is -0.105. The Labute approximate surface area is 125 Å². The Morgan fingerprint density at radius 3 is 2.29 bits per heavy atom. The molecule has 0 spiro atoms. The van der Waals surface area contributed by atoms with Crippen molar-refractivity contribution in [3.63, 3.8) is 0 Å². The zero-order chi connectivity index (χ0) is 15.5. The number of hydrogen-bond donors (Lipinski definition) is 2. The molecular formula is C16H22N2O3. The van der Waals surface area contributed by atoms with Crippen molar-refractivity contribution in [3.8, 4) is 0 Å². The van der Waals surface area contributed by atoms with E-state index in [9.17, 15) is 9.59 Å². The van der Waals surface area contributed by atoms with Crippen LogP contribution in [0.25, 0.3) is 0 Å². The molecule has 0 atom stereocenters. The second-order valence-corrected chi connectivity index (χ2v) is 6.40. The summed E-state index contributed by atoms with van der Waals surface area (Å²) in [5, 5.41) is 5.60. The van der Waals surface area contributed by atoms with Gasteiger partial charge in [-0.05, 0) is 57.7 Å². The van der Waals surface area contributed by atoms with Gasteiger partial charge in [-0.1, -0.05) is 12.1 Å². The van der Waals surface area contributed by atoms with E-state index in [1.165, 1.54) is 0 Å². The molecule has 2 amide bonds. The Hall–Kier alpha value is -2.04. The standard InChI is InChI=1S/C16H22N2O3/c1-15(2,3)21-14(20)18-16(9-4-10-16)12-5-7-13(8-6-12)17-11-19/h5-8,11H,4,9-10H2,1-3H3,(H,17,19)(H,18,20). The number of benzene rings is 1. The average Bonchev–Trinajstić information content (AvgIpc) is 2.33. The second kappa shape index (κ2) is 5.76. The Morgan fingerprint density at radius 2 is 1.86 bits per heavy atom. The molecule has 5 heteroatoms. The Balaban J connectivity index is 2.10. The van der Waals surface area contributed by atoms with Crippen LogP contribution in [0.5, 0.6) is 0 Å². The van der Waals surface area contributed by atoms with Crippen LogP contribution in [0.1, 0.15) is 45.6 Å². The highest BCUT2D eigenvalue weighted by molar-refractivity contribution is 5.72. The van der Waals surface area contributed by atoms with Crippen molar-refractivity contribution in [1.82, 2.24) is 5.32 Å². The third-order valence-corrected chi connectivity index (χ3v) is 3.61. The van der Waals surface area contributed by atoms with Gasteiger partial charge in [0.1, 0.15) is 5.60 Å². The fourth-order valence-corrected chi connectivity index (χ4v) is 2.47. The van der Waals surface area contributed by atoms with Gasteiger partial charge in [0.05, 0.1) is 5.54 Å². The number of carbonyl (C=O) groups excluding carboxylic acids is 2. The molecular weight excluding hydrogens is 268 g/mol. The number of hydrogen-bond acceptors (Lipinski definition) is 3. The van der Waals surface area contributed by atoms with Crippen molar-refractivity contribution in [2.45, 2.75) is 51.2 Å². The SMILES string of the molecule is CC(C)(C)OC(=O)NC1(c2ccc(NC=O)cc2)CCC1. The first kappa shape index (κ1) is 15.4. The predicted molar refractivity (Wildman–Crippen MR) is 81.0 cm³/mol. The molecule has 1 saturated carbocycles. The number of rotatable bonds is 4. The first-order valence-electron chi connectivity index (χ1n) is 7.17. The molecule has 0 unspecified atom stereocenters. The Kier molecular flexibility index (Phi) is 4.21. The summed E-state index contributed by atoms with van der Waals surface area (Å²) in [4.78, 5) is 22.4. The lowest BCUT2D eigenvalue weighted by Gasteiger charge is -2.43. The van der Waals surface area contributed by atoms with E-state index >= 15 is 0 Å².